The lowest BCUT2D eigenvalue weighted by Crippen LogP contribution is -2.05. The minimum atomic E-state index is -0.936. The van der Waals surface area contributed by atoms with Gasteiger partial charge in [0.15, 0.2) is 6.29 Å². The van der Waals surface area contributed by atoms with Crippen LogP contribution < -0.4 is 0 Å². The second-order valence-electron chi connectivity index (χ2n) is 2.80. The number of aliphatic hydroxyl groups is 1. The molecule has 0 aliphatic rings. The van der Waals surface area contributed by atoms with Gasteiger partial charge in [-0.25, -0.2) is 0 Å². The monoisotopic (exact) mass is 194 g/mol. The fraction of sp³-hybridized carbons (Fsp3) is 0.273. The molecule has 1 aromatic rings. The third kappa shape index (κ3) is 2.96. The van der Waals surface area contributed by atoms with Crippen molar-refractivity contribution in [3.05, 3.63) is 42.0 Å². The Balaban J connectivity index is 2.61. The van der Waals surface area contributed by atoms with Crippen LogP contribution in [0.15, 0.2) is 30.8 Å². The van der Waals surface area contributed by atoms with Crippen LogP contribution in [-0.2, 0) is 9.47 Å². The molecule has 1 unspecified atom stereocenters. The molecule has 3 nitrogen and oxygen atoms in total. The second kappa shape index (κ2) is 5.54. The molecule has 1 atom stereocenters. The molecule has 0 amide bonds. The minimum Gasteiger partial charge on any atom is -0.364 e. The average molecular weight is 194 g/mol. The van der Waals surface area contributed by atoms with E-state index in [1.165, 1.54) is 7.11 Å². The number of rotatable bonds is 5. The van der Waals surface area contributed by atoms with Crippen molar-refractivity contribution >= 4 is 6.08 Å². The van der Waals surface area contributed by atoms with Gasteiger partial charge in [-0.2, -0.15) is 0 Å². The van der Waals surface area contributed by atoms with Gasteiger partial charge in [0.05, 0.1) is 0 Å². The van der Waals surface area contributed by atoms with Gasteiger partial charge in [-0.15, -0.1) is 0 Å². The van der Waals surface area contributed by atoms with Gasteiger partial charge in [-0.1, -0.05) is 36.9 Å². The molecule has 0 aromatic heterocycles. The molecule has 3 heteroatoms. The van der Waals surface area contributed by atoms with Gasteiger partial charge < -0.3 is 14.6 Å². The van der Waals surface area contributed by atoms with Gasteiger partial charge in [-0.3, -0.25) is 0 Å². The Labute approximate surface area is 83.6 Å². The molecule has 0 saturated carbocycles. The topological polar surface area (TPSA) is 38.7 Å². The summed E-state index contributed by atoms with van der Waals surface area (Å²) in [5.74, 6) is 0. The van der Waals surface area contributed by atoms with Gasteiger partial charge in [0.25, 0.3) is 0 Å². The molecule has 0 saturated heterocycles. The summed E-state index contributed by atoms with van der Waals surface area (Å²) in [5, 5.41) is 9.49. The third-order valence-corrected chi connectivity index (χ3v) is 1.80. The first-order valence-corrected chi connectivity index (χ1v) is 4.29. The van der Waals surface area contributed by atoms with E-state index in [4.69, 9.17) is 4.74 Å². The van der Waals surface area contributed by atoms with Crippen LogP contribution in [0.25, 0.3) is 6.08 Å². The van der Waals surface area contributed by atoms with Crippen LogP contribution in [0.3, 0.4) is 0 Å². The van der Waals surface area contributed by atoms with Gasteiger partial charge in [0, 0.05) is 12.7 Å². The molecule has 0 heterocycles. The maximum absolute atomic E-state index is 9.49. The Morgan fingerprint density at radius 3 is 2.57 bits per heavy atom. The zero-order chi connectivity index (χ0) is 10.4. The lowest BCUT2D eigenvalue weighted by molar-refractivity contribution is -0.164. The van der Waals surface area contributed by atoms with E-state index in [2.05, 4.69) is 11.3 Å². The number of benzene rings is 1. The van der Waals surface area contributed by atoms with Crippen molar-refractivity contribution in [1.29, 1.82) is 0 Å². The molecule has 1 N–H and O–H groups in total. The molecule has 14 heavy (non-hydrogen) atoms. The predicted molar refractivity (Wildman–Crippen MR) is 54.5 cm³/mol. The van der Waals surface area contributed by atoms with Crippen LogP contribution in [0.5, 0.6) is 0 Å². The number of aliphatic hydroxyl groups excluding tert-OH is 1. The maximum Gasteiger partial charge on any atom is 0.183 e. The first-order valence-electron chi connectivity index (χ1n) is 4.29. The zero-order valence-corrected chi connectivity index (χ0v) is 8.14. The molecule has 0 fully saturated rings. The van der Waals surface area contributed by atoms with E-state index in [0.717, 1.165) is 5.56 Å². The summed E-state index contributed by atoms with van der Waals surface area (Å²) in [7, 11) is 1.51. The quantitative estimate of drug-likeness (QED) is 0.728. The molecule has 76 valence electrons. The summed E-state index contributed by atoms with van der Waals surface area (Å²) in [5.41, 5.74) is 1.71. The van der Waals surface area contributed by atoms with Crippen molar-refractivity contribution in [2.45, 2.75) is 6.29 Å². The molecular formula is C11H14O3. The Kier molecular flexibility index (Phi) is 4.32. The molecule has 1 aromatic carbocycles. The van der Waals surface area contributed by atoms with E-state index >= 15 is 0 Å². The molecule has 0 bridgehead atoms. The van der Waals surface area contributed by atoms with Crippen molar-refractivity contribution in [2.75, 3.05) is 13.9 Å². The molecule has 0 aliphatic carbocycles. The Hall–Kier alpha value is -1.16. The molecule has 1 rings (SSSR count). The van der Waals surface area contributed by atoms with Crippen LogP contribution in [0.1, 0.15) is 17.4 Å². The number of hydrogen-bond donors (Lipinski definition) is 1. The Morgan fingerprint density at radius 1 is 1.43 bits per heavy atom. The van der Waals surface area contributed by atoms with Crippen LogP contribution in [0, 0.1) is 0 Å². The lowest BCUT2D eigenvalue weighted by Gasteiger charge is -2.11. The van der Waals surface area contributed by atoms with E-state index in [1.807, 2.05) is 12.1 Å². The molecule has 0 radical (unpaired) electrons. The van der Waals surface area contributed by atoms with E-state index in [-0.39, 0.29) is 6.79 Å². The SMILES string of the molecule is C=Cc1ccc(C(O)OCOC)cc1. The van der Waals surface area contributed by atoms with E-state index < -0.39 is 6.29 Å². The van der Waals surface area contributed by atoms with E-state index in [9.17, 15) is 5.11 Å². The standard InChI is InChI=1S/C11H14O3/c1-3-9-4-6-10(7-5-9)11(12)14-8-13-2/h3-7,11-12H,1,8H2,2H3. The largest absolute Gasteiger partial charge is 0.364 e. The van der Waals surface area contributed by atoms with Gasteiger partial charge in [-0.05, 0) is 5.56 Å². The normalized spacial score (nSPS) is 12.4. The Bertz CT molecular complexity index is 279. The van der Waals surface area contributed by atoms with Crippen LogP contribution in [0.4, 0.5) is 0 Å². The summed E-state index contributed by atoms with van der Waals surface area (Å²) in [6, 6.07) is 7.30. The first-order chi connectivity index (χ1) is 6.77. The number of hydrogen-bond acceptors (Lipinski definition) is 3. The maximum atomic E-state index is 9.49. The summed E-state index contributed by atoms with van der Waals surface area (Å²) in [6.07, 6.45) is 0.806. The summed E-state index contributed by atoms with van der Waals surface area (Å²) < 4.78 is 9.64. The van der Waals surface area contributed by atoms with Gasteiger partial charge in [0.2, 0.25) is 0 Å². The van der Waals surface area contributed by atoms with Crippen LogP contribution in [0.2, 0.25) is 0 Å². The first kappa shape index (κ1) is 10.9. The van der Waals surface area contributed by atoms with Crippen LogP contribution in [-0.4, -0.2) is 19.0 Å². The Morgan fingerprint density at radius 2 is 2.07 bits per heavy atom. The van der Waals surface area contributed by atoms with Crippen molar-refractivity contribution in [3.8, 4) is 0 Å². The lowest BCUT2D eigenvalue weighted by atomic mass is 10.1. The van der Waals surface area contributed by atoms with E-state index in [0.29, 0.717) is 5.56 Å². The van der Waals surface area contributed by atoms with Gasteiger partial charge in [0.1, 0.15) is 6.79 Å². The fourth-order valence-electron chi connectivity index (χ4n) is 1.03. The highest BCUT2D eigenvalue weighted by atomic mass is 16.7. The van der Waals surface area contributed by atoms with Crippen LogP contribution >= 0.6 is 0 Å². The number of methoxy groups -OCH3 is 1. The smallest absolute Gasteiger partial charge is 0.183 e. The van der Waals surface area contributed by atoms with Crippen molar-refractivity contribution in [3.63, 3.8) is 0 Å². The highest BCUT2D eigenvalue weighted by Crippen LogP contribution is 2.15. The summed E-state index contributed by atoms with van der Waals surface area (Å²) in [4.78, 5) is 0. The van der Waals surface area contributed by atoms with Crippen molar-refractivity contribution < 1.29 is 14.6 Å². The van der Waals surface area contributed by atoms with Crippen molar-refractivity contribution in [1.82, 2.24) is 0 Å². The molecular weight excluding hydrogens is 180 g/mol. The zero-order valence-electron chi connectivity index (χ0n) is 8.14. The second-order valence-corrected chi connectivity index (χ2v) is 2.80. The third-order valence-electron chi connectivity index (χ3n) is 1.80. The fourth-order valence-corrected chi connectivity index (χ4v) is 1.03. The molecule has 0 aliphatic heterocycles. The van der Waals surface area contributed by atoms with Crippen molar-refractivity contribution in [2.24, 2.45) is 0 Å². The molecule has 0 spiro atoms. The predicted octanol–water partition coefficient (Wildman–Crippen LogP) is 1.94. The van der Waals surface area contributed by atoms with Gasteiger partial charge >= 0.3 is 0 Å². The highest BCUT2D eigenvalue weighted by Gasteiger charge is 2.06. The number of ether oxygens (including phenoxy) is 2. The summed E-state index contributed by atoms with van der Waals surface area (Å²) in [6.45, 7) is 3.72. The highest BCUT2D eigenvalue weighted by molar-refractivity contribution is 5.47. The summed E-state index contributed by atoms with van der Waals surface area (Å²) >= 11 is 0. The minimum absolute atomic E-state index is 0.0738. The van der Waals surface area contributed by atoms with E-state index in [1.54, 1.807) is 18.2 Å². The average Bonchev–Trinajstić information content (AvgIpc) is 2.26.